The lowest BCUT2D eigenvalue weighted by atomic mass is 10.3. The normalized spacial score (nSPS) is 10.1. The van der Waals surface area contributed by atoms with Crippen molar-refractivity contribution < 1.29 is 9.53 Å². The Labute approximate surface area is 97.7 Å². The molecule has 2 aromatic rings. The minimum Gasteiger partial charge on any atom is -0.486 e. The molecule has 0 atom stereocenters. The number of aldehydes is 1. The molecule has 0 spiro atoms. The van der Waals surface area contributed by atoms with E-state index in [0.717, 1.165) is 21.9 Å². The maximum absolute atomic E-state index is 10.6. The summed E-state index contributed by atoms with van der Waals surface area (Å²) in [5.74, 6) is 0.808. The van der Waals surface area contributed by atoms with Gasteiger partial charge in [0.1, 0.15) is 23.1 Å². The summed E-state index contributed by atoms with van der Waals surface area (Å²) in [5, 5.41) is 0.823. The number of thiazole rings is 1. The van der Waals surface area contributed by atoms with Gasteiger partial charge in [-0.3, -0.25) is 4.79 Å². The first kappa shape index (κ1) is 10.8. The Morgan fingerprint density at radius 1 is 1.38 bits per heavy atom. The number of aryl methyl sites for hydroxylation is 1. The molecule has 0 aliphatic heterocycles. The highest BCUT2D eigenvalue weighted by Gasteiger charge is 2.06. The van der Waals surface area contributed by atoms with Gasteiger partial charge in [0.25, 0.3) is 0 Å². The lowest BCUT2D eigenvalue weighted by Gasteiger charge is -2.02. The number of carbonyl (C=O) groups excluding carboxylic acids is 1. The molecule has 0 amide bonds. The summed E-state index contributed by atoms with van der Waals surface area (Å²) in [6, 6.07) is 9.55. The van der Waals surface area contributed by atoms with E-state index in [-0.39, 0.29) is 0 Å². The standard InChI is InChI=1S/C12H11NO2S/c1-9-11(7-14)13-12(16-9)8-15-10-5-3-2-4-6-10/h2-7H,8H2,1H3. The molecule has 0 unspecified atom stereocenters. The van der Waals surface area contributed by atoms with E-state index >= 15 is 0 Å². The topological polar surface area (TPSA) is 39.2 Å². The van der Waals surface area contributed by atoms with Gasteiger partial charge in [-0.1, -0.05) is 18.2 Å². The van der Waals surface area contributed by atoms with E-state index in [2.05, 4.69) is 4.98 Å². The Kier molecular flexibility index (Phi) is 3.31. The smallest absolute Gasteiger partial charge is 0.169 e. The fraction of sp³-hybridized carbons (Fsp3) is 0.167. The van der Waals surface area contributed by atoms with Crippen LogP contribution in [0.15, 0.2) is 30.3 Å². The molecule has 0 radical (unpaired) electrons. The number of aromatic nitrogens is 1. The number of hydrogen-bond donors (Lipinski definition) is 0. The van der Waals surface area contributed by atoms with E-state index in [1.807, 2.05) is 37.3 Å². The molecule has 1 aromatic heterocycles. The van der Waals surface area contributed by atoms with Crippen LogP contribution in [0.25, 0.3) is 0 Å². The molecule has 0 aliphatic rings. The fourth-order valence-electron chi connectivity index (χ4n) is 1.30. The van der Waals surface area contributed by atoms with Crippen LogP contribution in [0.1, 0.15) is 20.4 Å². The van der Waals surface area contributed by atoms with Crippen LogP contribution in [0.2, 0.25) is 0 Å². The van der Waals surface area contributed by atoms with Gasteiger partial charge in [-0.25, -0.2) is 4.98 Å². The van der Waals surface area contributed by atoms with E-state index < -0.39 is 0 Å². The lowest BCUT2D eigenvalue weighted by Crippen LogP contribution is -1.94. The number of hydrogen-bond acceptors (Lipinski definition) is 4. The molecule has 0 saturated heterocycles. The third kappa shape index (κ3) is 2.46. The summed E-state index contributed by atoms with van der Waals surface area (Å²) in [5.41, 5.74) is 0.511. The van der Waals surface area contributed by atoms with Crippen LogP contribution >= 0.6 is 11.3 Å². The number of para-hydroxylation sites is 1. The van der Waals surface area contributed by atoms with Crippen LogP contribution < -0.4 is 4.74 Å². The zero-order chi connectivity index (χ0) is 11.4. The van der Waals surface area contributed by atoms with Gasteiger partial charge >= 0.3 is 0 Å². The zero-order valence-electron chi connectivity index (χ0n) is 8.84. The summed E-state index contributed by atoms with van der Waals surface area (Å²) in [6.07, 6.45) is 0.776. The Balaban J connectivity index is 2.02. The van der Waals surface area contributed by atoms with Crippen molar-refractivity contribution in [1.82, 2.24) is 4.98 Å². The van der Waals surface area contributed by atoms with Crippen molar-refractivity contribution in [2.24, 2.45) is 0 Å². The van der Waals surface area contributed by atoms with Gasteiger partial charge in [-0.2, -0.15) is 0 Å². The molecule has 0 fully saturated rings. The number of rotatable bonds is 4. The van der Waals surface area contributed by atoms with E-state index in [0.29, 0.717) is 12.3 Å². The second kappa shape index (κ2) is 4.90. The van der Waals surface area contributed by atoms with Gasteiger partial charge < -0.3 is 4.74 Å². The third-order valence-electron chi connectivity index (χ3n) is 2.09. The molecule has 0 bridgehead atoms. The predicted molar refractivity (Wildman–Crippen MR) is 63.0 cm³/mol. The van der Waals surface area contributed by atoms with Gasteiger partial charge in [0, 0.05) is 4.88 Å². The van der Waals surface area contributed by atoms with Crippen molar-refractivity contribution >= 4 is 17.6 Å². The van der Waals surface area contributed by atoms with E-state index in [9.17, 15) is 4.79 Å². The molecule has 4 heteroatoms. The van der Waals surface area contributed by atoms with Gasteiger partial charge in [0.15, 0.2) is 6.29 Å². The second-order valence-electron chi connectivity index (χ2n) is 3.27. The van der Waals surface area contributed by atoms with Crippen LogP contribution in [0, 0.1) is 6.92 Å². The lowest BCUT2D eigenvalue weighted by molar-refractivity contribution is 0.111. The minimum absolute atomic E-state index is 0.406. The Morgan fingerprint density at radius 3 is 2.75 bits per heavy atom. The van der Waals surface area contributed by atoms with Crippen LogP contribution in [-0.2, 0) is 6.61 Å². The first-order valence-electron chi connectivity index (χ1n) is 4.89. The van der Waals surface area contributed by atoms with E-state index in [1.165, 1.54) is 11.3 Å². The molecule has 82 valence electrons. The second-order valence-corrected chi connectivity index (χ2v) is 4.56. The van der Waals surface area contributed by atoms with Gasteiger partial charge in [-0.05, 0) is 19.1 Å². The van der Waals surface area contributed by atoms with Crippen molar-refractivity contribution in [3.05, 3.63) is 45.9 Å². The quantitative estimate of drug-likeness (QED) is 0.762. The average molecular weight is 233 g/mol. The zero-order valence-corrected chi connectivity index (χ0v) is 9.66. The largest absolute Gasteiger partial charge is 0.486 e. The van der Waals surface area contributed by atoms with Crippen molar-refractivity contribution in [2.75, 3.05) is 0 Å². The monoisotopic (exact) mass is 233 g/mol. The van der Waals surface area contributed by atoms with Gasteiger partial charge in [0.05, 0.1) is 0 Å². The number of nitrogens with zero attached hydrogens (tertiary/aromatic N) is 1. The predicted octanol–water partition coefficient (Wildman–Crippen LogP) is 2.84. The summed E-state index contributed by atoms with van der Waals surface area (Å²) in [7, 11) is 0. The van der Waals surface area contributed by atoms with Crippen LogP contribution in [0.4, 0.5) is 0 Å². The average Bonchev–Trinajstić information content (AvgIpc) is 2.69. The maximum atomic E-state index is 10.6. The van der Waals surface area contributed by atoms with Gasteiger partial charge in [0.2, 0.25) is 0 Å². The Hall–Kier alpha value is -1.68. The van der Waals surface area contributed by atoms with Crippen LogP contribution in [0.5, 0.6) is 5.75 Å². The highest BCUT2D eigenvalue weighted by atomic mass is 32.1. The number of carbonyl (C=O) groups is 1. The number of ether oxygens (including phenoxy) is 1. The van der Waals surface area contributed by atoms with E-state index in [4.69, 9.17) is 4.74 Å². The first-order valence-corrected chi connectivity index (χ1v) is 5.70. The molecule has 0 saturated carbocycles. The van der Waals surface area contributed by atoms with Crippen molar-refractivity contribution in [1.29, 1.82) is 0 Å². The molecule has 1 heterocycles. The third-order valence-corrected chi connectivity index (χ3v) is 3.05. The molecule has 16 heavy (non-hydrogen) atoms. The fourth-order valence-corrected chi connectivity index (χ4v) is 2.11. The number of benzene rings is 1. The molecule has 2 rings (SSSR count). The van der Waals surface area contributed by atoms with Crippen LogP contribution in [-0.4, -0.2) is 11.3 Å². The van der Waals surface area contributed by atoms with Crippen molar-refractivity contribution in [3.8, 4) is 5.75 Å². The molecular weight excluding hydrogens is 222 g/mol. The summed E-state index contributed by atoms with van der Waals surface area (Å²) in [6.45, 7) is 2.29. The molecule has 1 aromatic carbocycles. The molecule has 0 N–H and O–H groups in total. The first-order chi connectivity index (χ1) is 7.79. The maximum Gasteiger partial charge on any atom is 0.169 e. The van der Waals surface area contributed by atoms with Crippen molar-refractivity contribution in [3.63, 3.8) is 0 Å². The van der Waals surface area contributed by atoms with Crippen molar-refractivity contribution in [2.45, 2.75) is 13.5 Å². The molecule has 3 nitrogen and oxygen atoms in total. The summed E-state index contributed by atoms with van der Waals surface area (Å²) < 4.78 is 5.54. The Bertz CT molecular complexity index is 479. The summed E-state index contributed by atoms with van der Waals surface area (Å²) >= 11 is 1.49. The SMILES string of the molecule is Cc1sc(COc2ccccc2)nc1C=O. The van der Waals surface area contributed by atoms with Gasteiger partial charge in [-0.15, -0.1) is 11.3 Å². The van der Waals surface area contributed by atoms with E-state index in [1.54, 1.807) is 0 Å². The Morgan fingerprint density at radius 2 is 2.12 bits per heavy atom. The van der Waals surface area contributed by atoms with Crippen LogP contribution in [0.3, 0.4) is 0 Å². The minimum atomic E-state index is 0.406. The molecule has 0 aliphatic carbocycles. The highest BCUT2D eigenvalue weighted by Crippen LogP contribution is 2.18. The molecular formula is C12H11NO2S. The highest BCUT2D eigenvalue weighted by molar-refractivity contribution is 7.11. The summed E-state index contributed by atoms with van der Waals surface area (Å²) in [4.78, 5) is 15.7.